The number of fused-ring (bicyclic) bond motifs is 1. The van der Waals surface area contributed by atoms with Crippen molar-refractivity contribution in [1.82, 2.24) is 14.7 Å². The summed E-state index contributed by atoms with van der Waals surface area (Å²) < 4.78 is 0.510. The minimum absolute atomic E-state index is 0.160. The summed E-state index contributed by atoms with van der Waals surface area (Å²) >= 11 is 0. The normalized spacial score (nSPS) is 10.8. The molecule has 7 nitrogen and oxygen atoms in total. The Balaban J connectivity index is 2.01. The largest absolute Gasteiger partial charge is 0.508 e. The number of anilines is 1. The highest BCUT2D eigenvalue weighted by Crippen LogP contribution is 2.22. The zero-order chi connectivity index (χ0) is 15.7. The number of phenols is 1. The highest BCUT2D eigenvalue weighted by molar-refractivity contribution is 5.90. The Morgan fingerprint density at radius 1 is 1.23 bits per heavy atom. The lowest BCUT2D eigenvalue weighted by Crippen LogP contribution is -2.20. The van der Waals surface area contributed by atoms with Gasteiger partial charge in [-0.1, -0.05) is 12.1 Å². The van der Waals surface area contributed by atoms with Gasteiger partial charge < -0.3 is 15.6 Å². The van der Waals surface area contributed by atoms with Gasteiger partial charge in [0.05, 0.1) is 16.8 Å². The van der Waals surface area contributed by atoms with E-state index in [1.54, 1.807) is 31.2 Å². The number of aromatic hydroxyl groups is 1. The van der Waals surface area contributed by atoms with Gasteiger partial charge in [-0.2, -0.15) is 0 Å². The lowest BCUT2D eigenvalue weighted by atomic mass is 10.2. The number of nitrogens with one attached hydrogen (secondary N) is 1. The molecule has 0 unspecified atom stereocenters. The zero-order valence-corrected chi connectivity index (χ0v) is 11.8. The summed E-state index contributed by atoms with van der Waals surface area (Å²) in [5, 5.41) is 22.8. The smallest absolute Gasteiger partial charge is 0.286 e. The second-order valence-electron chi connectivity index (χ2n) is 4.89. The molecule has 3 rings (SSSR count). The number of rotatable bonds is 3. The van der Waals surface area contributed by atoms with Crippen LogP contribution in [0.15, 0.2) is 41.5 Å². The molecule has 0 aliphatic rings. The highest BCUT2D eigenvalue weighted by Gasteiger charge is 2.12. The Kier molecular flexibility index (Phi) is 3.38. The van der Waals surface area contributed by atoms with E-state index in [-0.39, 0.29) is 11.4 Å². The van der Waals surface area contributed by atoms with Crippen LogP contribution in [0.25, 0.3) is 11.0 Å². The Bertz CT molecular complexity index is 888. The fourth-order valence-corrected chi connectivity index (χ4v) is 2.25. The monoisotopic (exact) mass is 298 g/mol. The maximum atomic E-state index is 11.8. The summed E-state index contributed by atoms with van der Waals surface area (Å²) in [4.78, 5) is 19.9. The first-order chi connectivity index (χ1) is 10.6. The fourth-order valence-electron chi connectivity index (χ4n) is 2.25. The number of pyridine rings is 1. The van der Waals surface area contributed by atoms with Gasteiger partial charge >= 0.3 is 0 Å². The number of nitrogens with zero attached hydrogens (tertiary/aromatic N) is 3. The van der Waals surface area contributed by atoms with Gasteiger partial charge in [0.15, 0.2) is 5.65 Å². The number of benzene rings is 1. The Morgan fingerprint density at radius 2 is 1.95 bits per heavy atom. The summed E-state index contributed by atoms with van der Waals surface area (Å²) in [5.74, 6) is 0.196. The van der Waals surface area contributed by atoms with Gasteiger partial charge in [-0.05, 0) is 24.6 Å². The van der Waals surface area contributed by atoms with E-state index in [4.69, 9.17) is 0 Å². The van der Waals surface area contributed by atoms with Gasteiger partial charge in [-0.25, -0.2) is 9.97 Å². The maximum Gasteiger partial charge on any atom is 0.286 e. The molecule has 0 saturated heterocycles. The van der Waals surface area contributed by atoms with Crippen molar-refractivity contribution >= 4 is 16.7 Å². The van der Waals surface area contributed by atoms with Crippen LogP contribution in [0.4, 0.5) is 5.69 Å². The first-order valence-corrected chi connectivity index (χ1v) is 6.64. The summed E-state index contributed by atoms with van der Waals surface area (Å²) in [6, 6.07) is 8.05. The number of aryl methyl sites for hydroxylation is 1. The molecule has 0 aliphatic carbocycles. The minimum atomic E-state index is -0.571. The standard InChI is InChI=1S/C15H14N4O3/c1-9-14-12(16-7-10-2-4-11(20)5-3-10)6-13(21)19(22)15(14)18-8-17-9/h2-6,8,16,20,22H,7H2,1H3. The SMILES string of the molecule is Cc1ncnc2c1c(NCc1ccc(O)cc1)cc(=O)n2O. The van der Waals surface area contributed by atoms with Gasteiger partial charge in [0.1, 0.15) is 12.1 Å². The third kappa shape index (κ3) is 2.44. The molecule has 7 heteroatoms. The van der Waals surface area contributed by atoms with E-state index in [9.17, 15) is 15.1 Å². The van der Waals surface area contributed by atoms with Crippen LogP contribution in [-0.4, -0.2) is 25.0 Å². The first-order valence-electron chi connectivity index (χ1n) is 6.64. The van der Waals surface area contributed by atoms with Crippen LogP contribution < -0.4 is 10.9 Å². The average molecular weight is 298 g/mol. The van der Waals surface area contributed by atoms with Crippen molar-refractivity contribution in [2.45, 2.75) is 13.5 Å². The quantitative estimate of drug-likeness (QED) is 0.636. The van der Waals surface area contributed by atoms with E-state index < -0.39 is 5.56 Å². The van der Waals surface area contributed by atoms with Crippen LogP contribution in [-0.2, 0) is 6.54 Å². The van der Waals surface area contributed by atoms with E-state index in [1.165, 1.54) is 12.4 Å². The van der Waals surface area contributed by atoms with E-state index in [0.29, 0.717) is 28.0 Å². The summed E-state index contributed by atoms with van der Waals surface area (Å²) in [5.41, 5.74) is 1.73. The van der Waals surface area contributed by atoms with Crippen molar-refractivity contribution in [2.75, 3.05) is 5.32 Å². The van der Waals surface area contributed by atoms with Crippen LogP contribution in [0.5, 0.6) is 5.75 Å². The lowest BCUT2D eigenvalue weighted by Gasteiger charge is -2.12. The predicted octanol–water partition coefficient (Wildman–Crippen LogP) is 1.65. The molecule has 3 aromatic rings. The number of hydrogen-bond acceptors (Lipinski definition) is 6. The Morgan fingerprint density at radius 3 is 2.68 bits per heavy atom. The third-order valence-corrected chi connectivity index (χ3v) is 3.38. The minimum Gasteiger partial charge on any atom is -0.508 e. The molecule has 2 aromatic heterocycles. The van der Waals surface area contributed by atoms with Crippen molar-refractivity contribution < 1.29 is 10.3 Å². The van der Waals surface area contributed by atoms with Crippen LogP contribution in [0.3, 0.4) is 0 Å². The van der Waals surface area contributed by atoms with Crippen LogP contribution in [0.1, 0.15) is 11.3 Å². The third-order valence-electron chi connectivity index (χ3n) is 3.38. The lowest BCUT2D eigenvalue weighted by molar-refractivity contribution is 0.186. The number of hydrogen-bond donors (Lipinski definition) is 3. The molecule has 0 bridgehead atoms. The summed E-state index contributed by atoms with van der Waals surface area (Å²) in [7, 11) is 0. The van der Waals surface area contributed by atoms with Gasteiger partial charge in [0.25, 0.3) is 5.56 Å². The molecule has 0 amide bonds. The molecule has 0 spiro atoms. The molecule has 1 aromatic carbocycles. The molecule has 0 fully saturated rings. The molecule has 112 valence electrons. The summed E-state index contributed by atoms with van der Waals surface area (Å²) in [6.07, 6.45) is 1.30. The second kappa shape index (κ2) is 5.36. The number of aromatic nitrogens is 3. The Hall–Kier alpha value is -3.09. The van der Waals surface area contributed by atoms with Crippen molar-refractivity contribution in [2.24, 2.45) is 0 Å². The van der Waals surface area contributed by atoms with Crippen LogP contribution >= 0.6 is 0 Å². The van der Waals surface area contributed by atoms with Crippen molar-refractivity contribution in [1.29, 1.82) is 0 Å². The van der Waals surface area contributed by atoms with Gasteiger partial charge in [0.2, 0.25) is 0 Å². The molecular formula is C15H14N4O3. The second-order valence-corrected chi connectivity index (χ2v) is 4.89. The van der Waals surface area contributed by atoms with E-state index in [1.807, 2.05) is 0 Å². The van der Waals surface area contributed by atoms with Crippen molar-refractivity contribution in [3.63, 3.8) is 0 Å². The topological polar surface area (TPSA) is 100 Å². The molecule has 0 atom stereocenters. The van der Waals surface area contributed by atoms with Crippen LogP contribution in [0.2, 0.25) is 0 Å². The van der Waals surface area contributed by atoms with Crippen molar-refractivity contribution in [3.05, 3.63) is 58.3 Å². The molecule has 3 N–H and O–H groups in total. The maximum absolute atomic E-state index is 11.8. The molecule has 0 aliphatic heterocycles. The molecular weight excluding hydrogens is 284 g/mol. The first kappa shape index (κ1) is 13.9. The van der Waals surface area contributed by atoms with Gasteiger partial charge in [-0.15, -0.1) is 4.73 Å². The predicted molar refractivity (Wildman–Crippen MR) is 81.2 cm³/mol. The average Bonchev–Trinajstić information content (AvgIpc) is 2.51. The molecule has 0 saturated carbocycles. The summed E-state index contributed by atoms with van der Waals surface area (Å²) in [6.45, 7) is 2.23. The van der Waals surface area contributed by atoms with E-state index >= 15 is 0 Å². The Labute approximate surface area is 125 Å². The fraction of sp³-hybridized carbons (Fsp3) is 0.133. The zero-order valence-electron chi connectivity index (χ0n) is 11.8. The van der Waals surface area contributed by atoms with E-state index in [0.717, 1.165) is 5.56 Å². The van der Waals surface area contributed by atoms with Crippen LogP contribution in [0, 0.1) is 6.92 Å². The van der Waals surface area contributed by atoms with E-state index in [2.05, 4.69) is 15.3 Å². The number of phenolic OH excluding ortho intramolecular Hbond substituents is 1. The molecule has 22 heavy (non-hydrogen) atoms. The van der Waals surface area contributed by atoms with Gasteiger partial charge in [-0.3, -0.25) is 4.79 Å². The molecule has 2 heterocycles. The van der Waals surface area contributed by atoms with Crippen molar-refractivity contribution in [3.8, 4) is 5.75 Å². The van der Waals surface area contributed by atoms with Gasteiger partial charge in [0, 0.05) is 12.6 Å². The highest BCUT2D eigenvalue weighted by atomic mass is 16.5. The molecule has 0 radical (unpaired) electrons.